The molecule has 0 aromatic heterocycles. The molecule has 3 nitrogen and oxygen atoms in total. The zero-order valence-electron chi connectivity index (χ0n) is 13.9. The molecule has 1 N–H and O–H groups in total. The smallest absolute Gasteiger partial charge is 0.237 e. The number of nitrogens with zero attached hydrogens (tertiary/aromatic N) is 1. The molecule has 1 saturated carbocycles. The maximum absolute atomic E-state index is 12.6. The molecule has 1 aliphatic carbocycles. The summed E-state index contributed by atoms with van der Waals surface area (Å²) in [6, 6.07) is 6.76. The molecule has 3 rings (SSSR count). The van der Waals surface area contributed by atoms with Crippen LogP contribution in [0.15, 0.2) is 18.2 Å². The summed E-state index contributed by atoms with van der Waals surface area (Å²) in [5.74, 6) is 1.09. The lowest BCUT2D eigenvalue weighted by Gasteiger charge is -2.37. The summed E-state index contributed by atoms with van der Waals surface area (Å²) in [5, 5.41) is 3.35. The van der Waals surface area contributed by atoms with Crippen LogP contribution < -0.4 is 5.32 Å². The number of carbonyl (C=O) groups is 1. The lowest BCUT2D eigenvalue weighted by atomic mass is 9.90. The van der Waals surface area contributed by atoms with Gasteiger partial charge in [-0.3, -0.25) is 4.79 Å². The van der Waals surface area contributed by atoms with Gasteiger partial charge in [-0.05, 0) is 75.1 Å². The number of amides is 1. The predicted molar refractivity (Wildman–Crippen MR) is 89.8 cm³/mol. The highest BCUT2D eigenvalue weighted by molar-refractivity contribution is 5.79. The average Bonchev–Trinajstić information content (AvgIpc) is 3.34. The number of hydrogen-bond acceptors (Lipinski definition) is 2. The standard InChI is InChI=1S/C19H28N2O/c1-14-6-5-7-17(15(14)2)18-8-3-4-11-21(18)19(22)13-20-12-16-9-10-16/h5-7,16,18,20H,3-4,8-13H2,1-2H3. The van der Waals surface area contributed by atoms with Gasteiger partial charge in [-0.25, -0.2) is 0 Å². The van der Waals surface area contributed by atoms with Gasteiger partial charge in [0.15, 0.2) is 0 Å². The van der Waals surface area contributed by atoms with Crippen molar-refractivity contribution in [2.45, 2.75) is 52.0 Å². The Bertz CT molecular complexity index is 536. The zero-order chi connectivity index (χ0) is 15.5. The van der Waals surface area contributed by atoms with Crippen molar-refractivity contribution in [1.29, 1.82) is 0 Å². The van der Waals surface area contributed by atoms with Gasteiger partial charge < -0.3 is 10.2 Å². The van der Waals surface area contributed by atoms with Gasteiger partial charge in [0, 0.05) is 6.54 Å². The summed E-state index contributed by atoms with van der Waals surface area (Å²) in [5.41, 5.74) is 4.01. The van der Waals surface area contributed by atoms with Crippen molar-refractivity contribution >= 4 is 5.91 Å². The predicted octanol–water partition coefficient (Wildman–Crippen LogP) is 3.36. The number of carbonyl (C=O) groups excluding carboxylic acids is 1. The minimum Gasteiger partial charge on any atom is -0.335 e. The molecule has 1 aromatic rings. The molecule has 0 radical (unpaired) electrons. The van der Waals surface area contributed by atoms with Crippen LogP contribution in [0, 0.1) is 19.8 Å². The summed E-state index contributed by atoms with van der Waals surface area (Å²) in [4.78, 5) is 14.8. The largest absolute Gasteiger partial charge is 0.335 e. The number of nitrogens with one attached hydrogen (secondary N) is 1. The molecule has 1 atom stereocenters. The van der Waals surface area contributed by atoms with E-state index in [1.165, 1.54) is 36.0 Å². The molecule has 0 spiro atoms. The van der Waals surface area contributed by atoms with E-state index in [9.17, 15) is 4.79 Å². The van der Waals surface area contributed by atoms with E-state index in [0.717, 1.165) is 31.8 Å². The summed E-state index contributed by atoms with van der Waals surface area (Å²) in [6.45, 7) is 6.76. The average molecular weight is 300 g/mol. The van der Waals surface area contributed by atoms with E-state index in [1.807, 2.05) is 0 Å². The Kier molecular flexibility index (Phi) is 4.82. The van der Waals surface area contributed by atoms with Crippen LogP contribution in [0.5, 0.6) is 0 Å². The van der Waals surface area contributed by atoms with E-state index < -0.39 is 0 Å². The van der Waals surface area contributed by atoms with E-state index in [1.54, 1.807) is 0 Å². The van der Waals surface area contributed by atoms with Gasteiger partial charge in [-0.1, -0.05) is 18.2 Å². The maximum Gasteiger partial charge on any atom is 0.237 e. The number of likely N-dealkylation sites (tertiary alicyclic amines) is 1. The van der Waals surface area contributed by atoms with Crippen molar-refractivity contribution in [3.05, 3.63) is 34.9 Å². The highest BCUT2D eigenvalue weighted by Gasteiger charge is 2.29. The number of aryl methyl sites for hydroxylation is 1. The highest BCUT2D eigenvalue weighted by Crippen LogP contribution is 2.33. The van der Waals surface area contributed by atoms with Crippen LogP contribution >= 0.6 is 0 Å². The van der Waals surface area contributed by atoms with Crippen molar-refractivity contribution in [1.82, 2.24) is 10.2 Å². The Balaban J connectivity index is 1.69. The van der Waals surface area contributed by atoms with Gasteiger partial charge in [0.05, 0.1) is 12.6 Å². The summed E-state index contributed by atoms with van der Waals surface area (Å²) < 4.78 is 0. The number of hydrogen-bond donors (Lipinski definition) is 1. The third kappa shape index (κ3) is 3.52. The molecule has 1 aromatic carbocycles. The van der Waals surface area contributed by atoms with Gasteiger partial charge in [-0.15, -0.1) is 0 Å². The van der Waals surface area contributed by atoms with Crippen molar-refractivity contribution < 1.29 is 4.79 Å². The fourth-order valence-corrected chi connectivity index (χ4v) is 3.49. The van der Waals surface area contributed by atoms with Crippen LogP contribution in [-0.4, -0.2) is 30.4 Å². The van der Waals surface area contributed by atoms with Crippen LogP contribution in [0.3, 0.4) is 0 Å². The second-order valence-electron chi connectivity index (χ2n) is 6.96. The molecule has 3 heteroatoms. The van der Waals surface area contributed by atoms with Crippen LogP contribution in [0.1, 0.15) is 54.8 Å². The highest BCUT2D eigenvalue weighted by atomic mass is 16.2. The van der Waals surface area contributed by atoms with Gasteiger partial charge >= 0.3 is 0 Å². The molecule has 2 fully saturated rings. The summed E-state index contributed by atoms with van der Waals surface area (Å²) >= 11 is 0. The monoisotopic (exact) mass is 300 g/mol. The van der Waals surface area contributed by atoms with Gasteiger partial charge in [-0.2, -0.15) is 0 Å². The van der Waals surface area contributed by atoms with Gasteiger partial charge in [0.1, 0.15) is 0 Å². The molecule has 1 amide bonds. The zero-order valence-corrected chi connectivity index (χ0v) is 13.9. The topological polar surface area (TPSA) is 32.3 Å². The SMILES string of the molecule is Cc1cccc(C2CCCCN2C(=O)CNCC2CC2)c1C. The van der Waals surface area contributed by atoms with Gasteiger partial charge in [0.2, 0.25) is 5.91 Å². The van der Waals surface area contributed by atoms with E-state index >= 15 is 0 Å². The second-order valence-corrected chi connectivity index (χ2v) is 6.96. The van der Waals surface area contributed by atoms with Crippen molar-refractivity contribution in [2.75, 3.05) is 19.6 Å². The van der Waals surface area contributed by atoms with Crippen LogP contribution in [0.25, 0.3) is 0 Å². The van der Waals surface area contributed by atoms with E-state index in [0.29, 0.717) is 6.54 Å². The van der Waals surface area contributed by atoms with Crippen molar-refractivity contribution in [3.63, 3.8) is 0 Å². The first-order valence-electron chi connectivity index (χ1n) is 8.73. The third-order valence-electron chi connectivity index (χ3n) is 5.23. The van der Waals surface area contributed by atoms with Crippen molar-refractivity contribution in [2.24, 2.45) is 5.92 Å². The minimum absolute atomic E-state index is 0.267. The van der Waals surface area contributed by atoms with Crippen molar-refractivity contribution in [3.8, 4) is 0 Å². The number of piperidine rings is 1. The maximum atomic E-state index is 12.6. The summed E-state index contributed by atoms with van der Waals surface area (Å²) in [7, 11) is 0. The van der Waals surface area contributed by atoms with Crippen LogP contribution in [0.4, 0.5) is 0 Å². The van der Waals surface area contributed by atoms with Gasteiger partial charge in [0.25, 0.3) is 0 Å². The van der Waals surface area contributed by atoms with Crippen LogP contribution in [0.2, 0.25) is 0 Å². The molecule has 0 bridgehead atoms. The minimum atomic E-state index is 0.267. The third-order valence-corrected chi connectivity index (χ3v) is 5.23. The second kappa shape index (κ2) is 6.82. The Morgan fingerprint density at radius 3 is 2.82 bits per heavy atom. The quantitative estimate of drug-likeness (QED) is 0.904. The Morgan fingerprint density at radius 1 is 1.23 bits per heavy atom. The molecule has 1 saturated heterocycles. The van der Waals surface area contributed by atoms with E-state index in [2.05, 4.69) is 42.3 Å². The molecular formula is C19H28N2O. The lowest BCUT2D eigenvalue weighted by molar-refractivity contribution is -0.134. The first-order chi connectivity index (χ1) is 10.7. The molecule has 1 aliphatic heterocycles. The molecular weight excluding hydrogens is 272 g/mol. The number of rotatable bonds is 5. The Labute approximate surface area is 134 Å². The molecule has 1 unspecified atom stereocenters. The Morgan fingerprint density at radius 2 is 2.05 bits per heavy atom. The number of benzene rings is 1. The van der Waals surface area contributed by atoms with Crippen LogP contribution in [-0.2, 0) is 4.79 Å². The first kappa shape index (κ1) is 15.5. The fraction of sp³-hybridized carbons (Fsp3) is 0.632. The molecule has 22 heavy (non-hydrogen) atoms. The lowest BCUT2D eigenvalue weighted by Crippen LogP contribution is -2.43. The molecule has 1 heterocycles. The fourth-order valence-electron chi connectivity index (χ4n) is 3.49. The van der Waals surface area contributed by atoms with E-state index in [-0.39, 0.29) is 11.9 Å². The van der Waals surface area contributed by atoms with E-state index in [4.69, 9.17) is 0 Å². The normalized spacial score (nSPS) is 21.9. The molecule has 120 valence electrons. The summed E-state index contributed by atoms with van der Waals surface area (Å²) in [6.07, 6.45) is 6.11. The Hall–Kier alpha value is -1.35. The molecule has 2 aliphatic rings. The first-order valence-corrected chi connectivity index (χ1v) is 8.73.